The molecule has 0 spiro atoms. The highest BCUT2D eigenvalue weighted by Crippen LogP contribution is 2.36. The van der Waals surface area contributed by atoms with Crippen LogP contribution < -0.4 is 10.2 Å². The maximum Gasteiger partial charge on any atom is 0.305 e. The van der Waals surface area contributed by atoms with E-state index in [1.807, 2.05) is 0 Å². The zero-order valence-electron chi connectivity index (χ0n) is 9.24. The molecule has 0 aromatic heterocycles. The van der Waals surface area contributed by atoms with Crippen LogP contribution in [0, 0.1) is 0 Å². The first kappa shape index (κ1) is 13.0. The number of rotatable bonds is 3. The number of aliphatic carboxylic acids is 1. The minimum Gasteiger partial charge on any atom is -0.481 e. The average molecular weight is 289 g/mol. The van der Waals surface area contributed by atoms with Crippen LogP contribution in [0.4, 0.5) is 11.4 Å². The summed E-state index contributed by atoms with van der Waals surface area (Å²) in [5.41, 5.74) is 1.23. The third kappa shape index (κ3) is 2.52. The number of anilines is 2. The van der Waals surface area contributed by atoms with Crippen LogP contribution in [-0.2, 0) is 9.59 Å². The summed E-state index contributed by atoms with van der Waals surface area (Å²) in [7, 11) is 0. The lowest BCUT2D eigenvalue weighted by Crippen LogP contribution is -2.41. The second-order valence-electron chi connectivity index (χ2n) is 3.83. The number of benzene rings is 1. The number of carbonyl (C=O) groups is 2. The zero-order chi connectivity index (χ0) is 13.3. The van der Waals surface area contributed by atoms with Crippen molar-refractivity contribution in [1.82, 2.24) is 0 Å². The van der Waals surface area contributed by atoms with Crippen molar-refractivity contribution in [2.45, 2.75) is 6.42 Å². The molecule has 5 nitrogen and oxygen atoms in total. The highest BCUT2D eigenvalue weighted by molar-refractivity contribution is 6.42. The topological polar surface area (TPSA) is 69.6 Å². The third-order valence-electron chi connectivity index (χ3n) is 2.61. The van der Waals surface area contributed by atoms with Crippen LogP contribution in [0.1, 0.15) is 6.42 Å². The lowest BCUT2D eigenvalue weighted by atomic mass is 10.2. The molecule has 0 fully saturated rings. The number of carboxylic acids is 1. The Morgan fingerprint density at radius 3 is 2.72 bits per heavy atom. The maximum atomic E-state index is 11.8. The van der Waals surface area contributed by atoms with Crippen LogP contribution in [0.25, 0.3) is 0 Å². The quantitative estimate of drug-likeness (QED) is 0.895. The Bertz CT molecular complexity index is 519. The van der Waals surface area contributed by atoms with Crippen LogP contribution in [0.15, 0.2) is 12.1 Å². The predicted molar refractivity (Wildman–Crippen MR) is 69.6 cm³/mol. The number of carboxylic acid groups (broad SMARTS) is 1. The molecule has 2 N–H and O–H groups in total. The van der Waals surface area contributed by atoms with Gasteiger partial charge in [-0.1, -0.05) is 23.2 Å². The first-order chi connectivity index (χ1) is 8.49. The van der Waals surface area contributed by atoms with Crippen LogP contribution in [0.3, 0.4) is 0 Å². The molecule has 0 saturated heterocycles. The van der Waals surface area contributed by atoms with E-state index in [-0.39, 0.29) is 25.4 Å². The van der Waals surface area contributed by atoms with Gasteiger partial charge in [-0.2, -0.15) is 0 Å². The van der Waals surface area contributed by atoms with Crippen molar-refractivity contribution in [1.29, 1.82) is 0 Å². The van der Waals surface area contributed by atoms with E-state index >= 15 is 0 Å². The van der Waals surface area contributed by atoms with E-state index < -0.39 is 5.97 Å². The van der Waals surface area contributed by atoms with E-state index in [9.17, 15) is 9.59 Å². The molecule has 1 aliphatic heterocycles. The van der Waals surface area contributed by atoms with Crippen molar-refractivity contribution in [3.8, 4) is 0 Å². The van der Waals surface area contributed by atoms with Crippen molar-refractivity contribution in [2.75, 3.05) is 23.3 Å². The summed E-state index contributed by atoms with van der Waals surface area (Å²) in [6, 6.07) is 3.19. The fourth-order valence-corrected chi connectivity index (χ4v) is 2.08. The van der Waals surface area contributed by atoms with Gasteiger partial charge in [-0.25, -0.2) is 0 Å². The number of carbonyl (C=O) groups excluding carboxylic acids is 1. The van der Waals surface area contributed by atoms with Crippen molar-refractivity contribution in [3.63, 3.8) is 0 Å². The Morgan fingerprint density at radius 1 is 1.39 bits per heavy atom. The first-order valence-corrected chi connectivity index (χ1v) is 5.99. The monoisotopic (exact) mass is 288 g/mol. The van der Waals surface area contributed by atoms with Gasteiger partial charge in [0, 0.05) is 6.54 Å². The van der Waals surface area contributed by atoms with Crippen molar-refractivity contribution >= 4 is 46.5 Å². The van der Waals surface area contributed by atoms with Crippen LogP contribution in [0.2, 0.25) is 10.0 Å². The molecule has 1 heterocycles. The molecule has 7 heteroatoms. The lowest BCUT2D eigenvalue weighted by molar-refractivity contribution is -0.136. The molecule has 0 radical (unpaired) electrons. The second kappa shape index (κ2) is 5.04. The summed E-state index contributed by atoms with van der Waals surface area (Å²) in [5, 5.41) is 12.3. The Balaban J connectivity index is 2.34. The minimum absolute atomic E-state index is 0.112. The summed E-state index contributed by atoms with van der Waals surface area (Å²) in [4.78, 5) is 23.7. The maximum absolute atomic E-state index is 11.8. The van der Waals surface area contributed by atoms with Gasteiger partial charge in [0.2, 0.25) is 5.91 Å². The smallest absolute Gasteiger partial charge is 0.305 e. The zero-order valence-corrected chi connectivity index (χ0v) is 10.8. The van der Waals surface area contributed by atoms with Crippen molar-refractivity contribution < 1.29 is 14.7 Å². The van der Waals surface area contributed by atoms with Crippen LogP contribution in [-0.4, -0.2) is 30.1 Å². The summed E-state index contributed by atoms with van der Waals surface area (Å²) in [6.45, 7) is 0.228. The Morgan fingerprint density at radius 2 is 2.06 bits per heavy atom. The normalized spacial score (nSPS) is 14.1. The number of halogens is 2. The van der Waals surface area contributed by atoms with E-state index in [4.69, 9.17) is 28.3 Å². The molecule has 1 aromatic carbocycles. The molecular weight excluding hydrogens is 279 g/mol. The summed E-state index contributed by atoms with van der Waals surface area (Å²) < 4.78 is 0. The molecule has 2 rings (SSSR count). The fourth-order valence-electron chi connectivity index (χ4n) is 1.75. The molecule has 0 bridgehead atoms. The van der Waals surface area contributed by atoms with E-state index in [1.165, 1.54) is 4.90 Å². The highest BCUT2D eigenvalue weighted by Gasteiger charge is 2.25. The largest absolute Gasteiger partial charge is 0.481 e. The van der Waals surface area contributed by atoms with Gasteiger partial charge < -0.3 is 15.3 Å². The highest BCUT2D eigenvalue weighted by atomic mass is 35.5. The second-order valence-corrected chi connectivity index (χ2v) is 4.64. The molecule has 1 aromatic rings. The van der Waals surface area contributed by atoms with Gasteiger partial charge in [0.1, 0.15) is 0 Å². The Hall–Kier alpha value is -1.46. The average Bonchev–Trinajstić information content (AvgIpc) is 2.30. The standard InChI is InChI=1S/C11H10Cl2N2O3/c12-6-3-8-9(4-7(6)13)15(2-1-11(17)18)10(16)5-14-8/h3-4,14H,1-2,5H2,(H,17,18). The molecular formula is C11H10Cl2N2O3. The summed E-state index contributed by atoms with van der Waals surface area (Å²) >= 11 is 11.8. The molecule has 0 atom stereocenters. The number of nitrogens with zero attached hydrogens (tertiary/aromatic N) is 1. The summed E-state index contributed by atoms with van der Waals surface area (Å²) in [5.74, 6) is -1.15. The number of hydrogen-bond donors (Lipinski definition) is 2. The molecule has 1 amide bonds. The Kier molecular flexibility index (Phi) is 3.63. The number of fused-ring (bicyclic) bond motifs is 1. The van der Waals surface area contributed by atoms with Gasteiger partial charge in [-0.05, 0) is 12.1 Å². The van der Waals surface area contributed by atoms with Crippen LogP contribution >= 0.6 is 23.2 Å². The lowest BCUT2D eigenvalue weighted by Gasteiger charge is -2.30. The molecule has 0 unspecified atom stereocenters. The molecule has 96 valence electrons. The van der Waals surface area contributed by atoms with Gasteiger partial charge in [0.25, 0.3) is 0 Å². The van der Waals surface area contributed by atoms with Crippen molar-refractivity contribution in [3.05, 3.63) is 22.2 Å². The van der Waals surface area contributed by atoms with Crippen molar-refractivity contribution in [2.24, 2.45) is 0 Å². The van der Waals surface area contributed by atoms with Gasteiger partial charge in [0.15, 0.2) is 0 Å². The Labute approximate surface area is 113 Å². The fraction of sp³-hybridized carbons (Fsp3) is 0.273. The van der Waals surface area contributed by atoms with Crippen LogP contribution in [0.5, 0.6) is 0 Å². The van der Waals surface area contributed by atoms with Gasteiger partial charge in [0.05, 0.1) is 34.4 Å². The van der Waals surface area contributed by atoms with E-state index in [0.717, 1.165) is 0 Å². The number of amides is 1. The number of nitrogens with one attached hydrogen (secondary N) is 1. The third-order valence-corrected chi connectivity index (χ3v) is 3.33. The predicted octanol–water partition coefficient (Wildman–Crippen LogP) is 2.23. The molecule has 1 aliphatic rings. The molecule has 18 heavy (non-hydrogen) atoms. The van der Waals surface area contributed by atoms with Gasteiger partial charge >= 0.3 is 5.97 Å². The molecule has 0 aliphatic carbocycles. The SMILES string of the molecule is O=C(O)CCN1C(=O)CNc2cc(Cl)c(Cl)cc21. The summed E-state index contributed by atoms with van der Waals surface area (Å²) in [6.07, 6.45) is -0.120. The first-order valence-electron chi connectivity index (χ1n) is 5.24. The minimum atomic E-state index is -0.956. The van der Waals surface area contributed by atoms with Gasteiger partial charge in [-0.15, -0.1) is 0 Å². The van der Waals surface area contributed by atoms with E-state index in [1.54, 1.807) is 12.1 Å². The van der Waals surface area contributed by atoms with Gasteiger partial charge in [-0.3, -0.25) is 9.59 Å². The number of hydrogen-bond acceptors (Lipinski definition) is 3. The molecule has 0 saturated carbocycles. The van der Waals surface area contributed by atoms with E-state index in [0.29, 0.717) is 21.4 Å². The van der Waals surface area contributed by atoms with E-state index in [2.05, 4.69) is 5.32 Å².